The summed E-state index contributed by atoms with van der Waals surface area (Å²) in [5, 5.41) is 21.0. The molecule has 0 bridgehead atoms. The Morgan fingerprint density at radius 3 is 2.42 bits per heavy atom. The van der Waals surface area contributed by atoms with Crippen LogP contribution in [-0.4, -0.2) is 25.8 Å². The fourth-order valence-electron chi connectivity index (χ4n) is 2.82. The lowest BCUT2D eigenvalue weighted by atomic mass is 10.0. The van der Waals surface area contributed by atoms with Crippen molar-refractivity contribution in [2.75, 3.05) is 0 Å². The number of carbonyl (C=O) groups is 1. The van der Waals surface area contributed by atoms with Crippen molar-refractivity contribution in [1.82, 2.24) is 20.1 Å². The van der Waals surface area contributed by atoms with Gasteiger partial charge in [0.1, 0.15) is 12.1 Å². The van der Waals surface area contributed by atoms with Gasteiger partial charge in [0.25, 0.3) is 5.91 Å². The van der Waals surface area contributed by atoms with Crippen LogP contribution in [0, 0.1) is 0 Å². The minimum atomic E-state index is -0.259. The van der Waals surface area contributed by atoms with Crippen LogP contribution in [-0.2, 0) is 0 Å². The molecule has 26 heavy (non-hydrogen) atoms. The molecule has 6 heteroatoms. The Morgan fingerprint density at radius 2 is 1.77 bits per heavy atom. The minimum absolute atomic E-state index is 0.181. The van der Waals surface area contributed by atoms with E-state index in [0.717, 1.165) is 17.0 Å². The van der Waals surface area contributed by atoms with Crippen molar-refractivity contribution in [1.29, 1.82) is 0 Å². The van der Waals surface area contributed by atoms with Crippen LogP contribution in [0.15, 0.2) is 54.9 Å². The maximum absolute atomic E-state index is 12.5. The molecule has 1 heterocycles. The van der Waals surface area contributed by atoms with Crippen LogP contribution in [0.25, 0.3) is 11.1 Å². The van der Waals surface area contributed by atoms with E-state index in [1.165, 1.54) is 0 Å². The molecule has 6 nitrogen and oxygen atoms in total. The van der Waals surface area contributed by atoms with Gasteiger partial charge in [0.2, 0.25) is 0 Å². The van der Waals surface area contributed by atoms with Gasteiger partial charge >= 0.3 is 0 Å². The second-order valence-corrected chi connectivity index (χ2v) is 6.48. The number of carbonyl (C=O) groups excluding carboxylic acids is 1. The maximum atomic E-state index is 12.5. The maximum Gasteiger partial charge on any atom is 0.251 e. The molecule has 2 N–H and O–H groups in total. The summed E-state index contributed by atoms with van der Waals surface area (Å²) in [6, 6.07) is 14.2. The molecule has 0 radical (unpaired) electrons. The molecule has 0 aliphatic carbocycles. The van der Waals surface area contributed by atoms with Crippen LogP contribution in [0.2, 0.25) is 0 Å². The summed E-state index contributed by atoms with van der Waals surface area (Å²) >= 11 is 0. The highest BCUT2D eigenvalue weighted by Gasteiger charge is 2.18. The number of nitrogens with zero attached hydrogens (tertiary/aromatic N) is 3. The lowest BCUT2D eigenvalue weighted by molar-refractivity contribution is 0.0937. The fraction of sp³-hybridized carbons (Fsp3) is 0.250. The van der Waals surface area contributed by atoms with Crippen molar-refractivity contribution < 1.29 is 9.90 Å². The van der Waals surface area contributed by atoms with Crippen molar-refractivity contribution >= 4 is 5.91 Å². The summed E-state index contributed by atoms with van der Waals surface area (Å²) < 4.78 is 1.94. The first kappa shape index (κ1) is 17.7. The van der Waals surface area contributed by atoms with Crippen LogP contribution in [0.5, 0.6) is 5.75 Å². The van der Waals surface area contributed by atoms with E-state index in [1.54, 1.807) is 30.6 Å². The van der Waals surface area contributed by atoms with E-state index in [1.807, 2.05) is 49.6 Å². The van der Waals surface area contributed by atoms with Crippen LogP contribution in [0.4, 0.5) is 0 Å². The molecule has 0 unspecified atom stereocenters. The summed E-state index contributed by atoms with van der Waals surface area (Å²) in [4.78, 5) is 12.5. The average molecular weight is 350 g/mol. The number of rotatable bonds is 5. The number of para-hydroxylation sites is 1. The predicted octanol–water partition coefficient (Wildman–Crippen LogP) is 3.72. The zero-order chi connectivity index (χ0) is 18.7. The Morgan fingerprint density at radius 1 is 1.08 bits per heavy atom. The van der Waals surface area contributed by atoms with E-state index < -0.39 is 0 Å². The van der Waals surface area contributed by atoms with Gasteiger partial charge in [-0.3, -0.25) is 4.79 Å². The van der Waals surface area contributed by atoms with E-state index in [0.29, 0.717) is 5.56 Å². The highest BCUT2D eigenvalue weighted by atomic mass is 16.3. The first-order chi connectivity index (χ1) is 12.5. The molecule has 2 aromatic carbocycles. The van der Waals surface area contributed by atoms with Gasteiger partial charge in [0, 0.05) is 17.2 Å². The quantitative estimate of drug-likeness (QED) is 0.735. The van der Waals surface area contributed by atoms with E-state index in [9.17, 15) is 9.90 Å². The van der Waals surface area contributed by atoms with Gasteiger partial charge in [-0.15, -0.1) is 10.2 Å². The highest BCUT2D eigenvalue weighted by Crippen LogP contribution is 2.28. The van der Waals surface area contributed by atoms with Crippen molar-refractivity contribution in [3.05, 3.63) is 66.2 Å². The van der Waals surface area contributed by atoms with Crippen molar-refractivity contribution in [3.63, 3.8) is 0 Å². The third-order valence-electron chi connectivity index (χ3n) is 4.25. The van der Waals surface area contributed by atoms with Gasteiger partial charge in [-0.25, -0.2) is 0 Å². The number of hydrogen-bond acceptors (Lipinski definition) is 4. The molecular weight excluding hydrogens is 328 g/mol. The summed E-state index contributed by atoms with van der Waals surface area (Å²) in [5.41, 5.74) is 2.14. The van der Waals surface area contributed by atoms with Gasteiger partial charge in [-0.2, -0.15) is 0 Å². The van der Waals surface area contributed by atoms with E-state index >= 15 is 0 Å². The molecule has 1 atom stereocenters. The number of phenolic OH excluding ortho intramolecular Hbond substituents is 1. The third-order valence-corrected chi connectivity index (χ3v) is 4.25. The van der Waals surface area contributed by atoms with Gasteiger partial charge in [-0.05, 0) is 44.5 Å². The Hall–Kier alpha value is -3.15. The molecule has 1 amide bonds. The molecule has 3 aromatic rings. The SMILES string of the molecule is CC(C)n1cnnc1[C@H](C)NC(=O)c1ccc(-c2ccccc2O)cc1. The molecular formula is C20H22N4O2. The molecule has 0 aliphatic rings. The molecule has 0 saturated heterocycles. The normalized spacial score (nSPS) is 12.2. The lowest BCUT2D eigenvalue weighted by Gasteiger charge is -2.17. The first-order valence-corrected chi connectivity index (χ1v) is 8.56. The summed E-state index contributed by atoms with van der Waals surface area (Å²) in [5.74, 6) is 0.755. The zero-order valence-corrected chi connectivity index (χ0v) is 15.0. The number of aromatic hydroxyl groups is 1. The smallest absolute Gasteiger partial charge is 0.251 e. The number of benzene rings is 2. The van der Waals surface area contributed by atoms with Gasteiger partial charge in [0.15, 0.2) is 5.82 Å². The van der Waals surface area contributed by atoms with Crippen molar-refractivity contribution in [2.45, 2.75) is 32.9 Å². The molecule has 134 valence electrons. The molecule has 0 spiro atoms. The second-order valence-electron chi connectivity index (χ2n) is 6.48. The van der Waals surface area contributed by atoms with Gasteiger partial charge < -0.3 is 15.0 Å². The summed E-state index contributed by atoms with van der Waals surface area (Å²) in [6.07, 6.45) is 1.67. The minimum Gasteiger partial charge on any atom is -0.507 e. The number of amides is 1. The fourth-order valence-corrected chi connectivity index (χ4v) is 2.82. The topological polar surface area (TPSA) is 80.0 Å². The Labute approximate surface area is 152 Å². The molecule has 0 saturated carbocycles. The van der Waals surface area contributed by atoms with E-state index in [4.69, 9.17) is 0 Å². The third kappa shape index (κ3) is 3.59. The standard InChI is InChI=1S/C20H22N4O2/c1-13(2)24-12-21-23-19(24)14(3)22-20(26)16-10-8-15(9-11-16)17-6-4-5-7-18(17)25/h4-14,25H,1-3H3,(H,22,26)/t14-/m0/s1. The number of aromatic nitrogens is 3. The van der Waals surface area contributed by atoms with Gasteiger partial charge in [-0.1, -0.05) is 30.3 Å². The Bertz CT molecular complexity index is 900. The predicted molar refractivity (Wildman–Crippen MR) is 99.8 cm³/mol. The van der Waals surface area contributed by atoms with Crippen LogP contribution >= 0.6 is 0 Å². The van der Waals surface area contributed by atoms with Crippen molar-refractivity contribution in [3.8, 4) is 16.9 Å². The molecule has 1 aromatic heterocycles. The van der Waals surface area contributed by atoms with E-state index in [2.05, 4.69) is 15.5 Å². The first-order valence-electron chi connectivity index (χ1n) is 8.56. The van der Waals surface area contributed by atoms with Crippen LogP contribution in [0.3, 0.4) is 0 Å². The summed E-state index contributed by atoms with van der Waals surface area (Å²) in [7, 11) is 0. The van der Waals surface area contributed by atoms with Crippen molar-refractivity contribution in [2.24, 2.45) is 0 Å². The average Bonchev–Trinajstić information content (AvgIpc) is 3.12. The highest BCUT2D eigenvalue weighted by molar-refractivity contribution is 5.95. The van der Waals surface area contributed by atoms with Crippen LogP contribution in [0.1, 0.15) is 49.0 Å². The molecule has 0 fully saturated rings. The zero-order valence-electron chi connectivity index (χ0n) is 15.0. The monoisotopic (exact) mass is 350 g/mol. The second kappa shape index (κ2) is 7.39. The number of hydrogen-bond donors (Lipinski definition) is 2. The molecule has 0 aliphatic heterocycles. The molecule has 3 rings (SSSR count). The summed E-state index contributed by atoms with van der Waals surface area (Å²) in [6.45, 7) is 5.97. The van der Waals surface area contributed by atoms with E-state index in [-0.39, 0.29) is 23.7 Å². The lowest BCUT2D eigenvalue weighted by Crippen LogP contribution is -2.29. The van der Waals surface area contributed by atoms with Gasteiger partial charge in [0.05, 0.1) is 6.04 Å². The number of nitrogens with one attached hydrogen (secondary N) is 1. The van der Waals surface area contributed by atoms with Crippen LogP contribution < -0.4 is 5.32 Å². The Kier molecular flexibility index (Phi) is 5.02. The Balaban J connectivity index is 1.74. The number of phenols is 1. The largest absolute Gasteiger partial charge is 0.507 e.